The molecule has 3 aliphatic heterocycles. The molecule has 2 aromatic carbocycles. The lowest BCUT2D eigenvalue weighted by Gasteiger charge is -2.45. The molecule has 0 radical (unpaired) electrons. The van der Waals surface area contributed by atoms with Crippen LogP contribution in [-0.2, 0) is 38.1 Å². The van der Waals surface area contributed by atoms with Crippen molar-refractivity contribution in [3.05, 3.63) is 72.8 Å². The maximum atomic E-state index is 13.2. The van der Waals surface area contributed by atoms with Crippen molar-refractivity contribution in [3.63, 3.8) is 0 Å². The van der Waals surface area contributed by atoms with Crippen molar-refractivity contribution in [1.29, 1.82) is 0 Å². The maximum absolute atomic E-state index is 13.2. The number of methoxy groups -OCH3 is 2. The molecule has 0 spiro atoms. The summed E-state index contributed by atoms with van der Waals surface area (Å²) >= 11 is 2.89. The van der Waals surface area contributed by atoms with Gasteiger partial charge in [0.15, 0.2) is 18.0 Å². The van der Waals surface area contributed by atoms with Gasteiger partial charge >= 0.3 is 0 Å². The molecule has 4 amide bonds. The molecule has 10 atom stereocenters. The molecule has 2 aromatic rings. The van der Waals surface area contributed by atoms with Gasteiger partial charge in [-0.3, -0.25) is 19.2 Å². The first-order chi connectivity index (χ1) is 29.4. The van der Waals surface area contributed by atoms with Gasteiger partial charge in [-0.05, 0) is 48.9 Å². The summed E-state index contributed by atoms with van der Waals surface area (Å²) in [5, 5.41) is 52.7. The van der Waals surface area contributed by atoms with Crippen LogP contribution in [0.1, 0.15) is 55.4 Å². The highest BCUT2D eigenvalue weighted by Gasteiger charge is 2.48. The van der Waals surface area contributed by atoms with E-state index in [9.17, 15) is 39.6 Å². The predicted molar refractivity (Wildman–Crippen MR) is 242 cm³/mol. The van der Waals surface area contributed by atoms with E-state index in [1.165, 1.54) is 43.8 Å². The van der Waals surface area contributed by atoms with Gasteiger partial charge in [0.25, 0.3) is 11.8 Å². The zero-order valence-electron chi connectivity index (χ0n) is 37.5. The highest BCUT2D eigenvalue weighted by molar-refractivity contribution is 7.99. The number of carbonyl (C=O) groups is 4. The third-order valence-corrected chi connectivity index (χ3v) is 12.1. The number of carbonyl (C=O) groups excluding carboxylic acids is 4. The minimum atomic E-state index is -1.70. The molecule has 3 aliphatic rings. The Hall–Kier alpha value is -3.82. The molecule has 0 aliphatic carbocycles. The molecule has 18 heteroatoms. The number of amides is 4. The van der Waals surface area contributed by atoms with Crippen LogP contribution in [0.4, 0.5) is 11.4 Å². The third kappa shape index (κ3) is 15.1. The van der Waals surface area contributed by atoms with Crippen LogP contribution in [0.25, 0.3) is 0 Å². The van der Waals surface area contributed by atoms with E-state index in [1.807, 2.05) is 84.0 Å². The van der Waals surface area contributed by atoms with E-state index in [0.29, 0.717) is 22.9 Å². The summed E-state index contributed by atoms with van der Waals surface area (Å²) in [6, 6.07) is 13.2. The number of ether oxygens (including phenoxy) is 4. The Bertz CT molecular complexity index is 1950. The van der Waals surface area contributed by atoms with Crippen LogP contribution in [0.3, 0.4) is 0 Å². The van der Waals surface area contributed by atoms with E-state index in [0.717, 1.165) is 9.79 Å². The molecule has 1 fully saturated rings. The van der Waals surface area contributed by atoms with Gasteiger partial charge in [0.1, 0.15) is 48.7 Å². The molecule has 0 aromatic heterocycles. The average Bonchev–Trinajstić information content (AvgIpc) is 3.47. The van der Waals surface area contributed by atoms with Crippen LogP contribution in [0.5, 0.6) is 0 Å². The van der Waals surface area contributed by atoms with Crippen molar-refractivity contribution in [2.45, 2.75) is 132 Å². The molecule has 1 saturated heterocycles. The lowest BCUT2D eigenvalue weighted by atomic mass is 9.93. The normalized spacial score (nSPS) is 25.0. The minimum Gasteiger partial charge on any atom is -0.387 e. The Balaban J connectivity index is 0.000000278. The van der Waals surface area contributed by atoms with Gasteiger partial charge in [-0.15, -0.1) is 23.5 Å². The van der Waals surface area contributed by atoms with Gasteiger partial charge in [-0.2, -0.15) is 0 Å². The van der Waals surface area contributed by atoms with Crippen molar-refractivity contribution in [1.82, 2.24) is 10.6 Å². The van der Waals surface area contributed by atoms with Crippen LogP contribution in [0, 0.1) is 10.8 Å². The molecule has 16 nitrogen and oxygen atoms in total. The number of nitrogens with one attached hydrogen (secondary N) is 4. The first kappa shape index (κ1) is 51.8. The summed E-state index contributed by atoms with van der Waals surface area (Å²) < 4.78 is 22.3. The Morgan fingerprint density at radius 2 is 1.27 bits per heavy atom. The van der Waals surface area contributed by atoms with Gasteiger partial charge in [-0.1, -0.05) is 90.1 Å². The highest BCUT2D eigenvalue weighted by Crippen LogP contribution is 2.34. The van der Waals surface area contributed by atoms with Crippen molar-refractivity contribution in [2.24, 2.45) is 10.8 Å². The lowest BCUT2D eigenvalue weighted by molar-refractivity contribution is -0.334. The molecule has 0 bridgehead atoms. The van der Waals surface area contributed by atoms with Crippen molar-refractivity contribution < 1.29 is 58.6 Å². The number of hydrogen-bond acceptors (Lipinski definition) is 14. The molecule has 2 unspecified atom stereocenters. The number of para-hydroxylation sites is 2. The number of benzene rings is 2. The second kappa shape index (κ2) is 22.4. The van der Waals surface area contributed by atoms with E-state index >= 15 is 0 Å². The van der Waals surface area contributed by atoms with Crippen LogP contribution >= 0.6 is 23.5 Å². The molecule has 348 valence electrons. The predicted octanol–water partition coefficient (Wildman–Crippen LogP) is 3.63. The number of anilines is 2. The topological polar surface area (TPSA) is 234 Å². The summed E-state index contributed by atoms with van der Waals surface area (Å²) in [5.74, 6) is -2.39. The van der Waals surface area contributed by atoms with Crippen LogP contribution in [-0.4, -0.2) is 136 Å². The Morgan fingerprint density at radius 1 is 0.778 bits per heavy atom. The summed E-state index contributed by atoms with van der Waals surface area (Å²) in [6.45, 7) is 15.3. The first-order valence-corrected chi connectivity index (χ1v) is 22.6. The van der Waals surface area contributed by atoms with Gasteiger partial charge in [0.2, 0.25) is 11.8 Å². The van der Waals surface area contributed by atoms with Gasteiger partial charge < -0.3 is 60.6 Å². The number of hydrogen-bond donors (Lipinski definition) is 8. The minimum absolute atomic E-state index is 0.110. The standard InChI is InChI=1S/C24H34N2O6S.C21H30N2O6S/c1-23(2,3)12-11-16-18(27)19(32-24(4,5)31-16)20(30-6)22(29)26-15-13-33-17-10-8-7-9-14(17)25-21(15)28;1-21(2,3)10-9-14(24)16(25)17(26)18(29-4)20(28)23-13-11-30-15-8-6-5-7-12(15)22-19(13)27/h7-12,15-16,18-20,27H,13H2,1-6H3,(H,25,28)(H,26,29);5-10,13-14,16-18,24-26H,11H2,1-4H3,(H,22,27)(H,23,28)/b12-11+;10-9+/t15?,16-,18+,19-,20-;13?,14-,16+,17-,18-/m11/s1. The van der Waals surface area contributed by atoms with E-state index in [2.05, 4.69) is 21.3 Å². The van der Waals surface area contributed by atoms with Crippen LogP contribution in [0.15, 0.2) is 82.6 Å². The van der Waals surface area contributed by atoms with Crippen LogP contribution < -0.4 is 21.3 Å². The van der Waals surface area contributed by atoms with Crippen molar-refractivity contribution in [2.75, 3.05) is 36.4 Å². The number of fused-ring (bicyclic) bond motifs is 2. The van der Waals surface area contributed by atoms with Crippen LogP contribution in [0.2, 0.25) is 0 Å². The van der Waals surface area contributed by atoms with Gasteiger partial charge in [0, 0.05) is 35.5 Å². The number of aliphatic hydroxyl groups is 4. The second-order valence-corrected chi connectivity index (χ2v) is 20.1. The zero-order chi connectivity index (χ0) is 46.9. The number of thioether (sulfide) groups is 2. The largest absolute Gasteiger partial charge is 0.387 e. The number of allylic oxidation sites excluding steroid dienone is 2. The molecule has 3 heterocycles. The van der Waals surface area contributed by atoms with E-state index in [-0.39, 0.29) is 22.6 Å². The average molecular weight is 917 g/mol. The molecule has 63 heavy (non-hydrogen) atoms. The molecule has 5 rings (SSSR count). The fourth-order valence-corrected chi connectivity index (χ4v) is 8.57. The smallest absolute Gasteiger partial charge is 0.252 e. The Labute approximate surface area is 378 Å². The summed E-state index contributed by atoms with van der Waals surface area (Å²) in [5.41, 5.74) is 1.04. The fourth-order valence-electron chi connectivity index (χ4n) is 6.51. The van der Waals surface area contributed by atoms with Crippen molar-refractivity contribution in [3.8, 4) is 0 Å². The fraction of sp³-hybridized carbons (Fsp3) is 0.556. The third-order valence-electron chi connectivity index (χ3n) is 9.79. The first-order valence-electron chi connectivity index (χ1n) is 20.6. The Morgan fingerprint density at radius 3 is 1.75 bits per heavy atom. The number of rotatable bonds is 12. The highest BCUT2D eigenvalue weighted by atomic mass is 32.2. The van der Waals surface area contributed by atoms with Crippen molar-refractivity contribution >= 4 is 58.5 Å². The Kier molecular flexibility index (Phi) is 18.4. The quantitative estimate of drug-likeness (QED) is 0.142. The molecular weight excluding hydrogens is 853 g/mol. The summed E-state index contributed by atoms with van der Waals surface area (Å²) in [6.07, 6.45) is -3.38. The van der Waals surface area contributed by atoms with E-state index in [1.54, 1.807) is 38.1 Å². The summed E-state index contributed by atoms with van der Waals surface area (Å²) in [7, 11) is 2.58. The van der Waals surface area contributed by atoms with E-state index < -0.39 is 78.5 Å². The monoisotopic (exact) mass is 916 g/mol. The zero-order valence-corrected chi connectivity index (χ0v) is 39.1. The second-order valence-electron chi connectivity index (χ2n) is 18.0. The molecule has 8 N–H and O–H groups in total. The SMILES string of the molecule is CO[C@@H](C(=O)NC1CSc2ccccc2NC1=O)[C@@H]1OC(C)(C)O[C@H](/C=C/C(C)(C)C)[C@@H]1O.CO[C@@H](C(=O)NC1CSc2ccccc2NC1=O)[C@H](O)[C@@H](O)[C@H](O)/C=C/C(C)(C)C. The van der Waals surface area contributed by atoms with E-state index in [4.69, 9.17) is 18.9 Å². The maximum Gasteiger partial charge on any atom is 0.252 e. The molecular formula is C45H64N4O12S2. The number of aliphatic hydroxyl groups excluding tert-OH is 4. The summed E-state index contributed by atoms with van der Waals surface area (Å²) in [4.78, 5) is 52.8. The lowest BCUT2D eigenvalue weighted by Crippen LogP contribution is -2.62. The van der Waals surface area contributed by atoms with Gasteiger partial charge in [0.05, 0.1) is 11.4 Å². The van der Waals surface area contributed by atoms with Gasteiger partial charge in [-0.25, -0.2) is 0 Å². The molecule has 0 saturated carbocycles.